The molecule has 0 spiro atoms. The van der Waals surface area contributed by atoms with Crippen molar-refractivity contribution in [1.82, 2.24) is 5.32 Å². The van der Waals surface area contributed by atoms with Gasteiger partial charge in [0.2, 0.25) is 0 Å². The first-order chi connectivity index (χ1) is 6.66. The molecule has 1 aromatic rings. The smallest absolute Gasteiger partial charge is 0.256 e. The van der Waals surface area contributed by atoms with E-state index in [9.17, 15) is 4.79 Å². The van der Waals surface area contributed by atoms with E-state index in [1.807, 2.05) is 0 Å². The standard InChI is InChI=1S/C9H8ClN3O/c10-6-3-1-5(2-4-6)7-8(14)13-9(11)12-7/h1-4,7H,(H3,11,12,13,14). The molecule has 5 heteroatoms. The number of halogens is 1. The first kappa shape index (κ1) is 9.02. The van der Waals surface area contributed by atoms with Crippen molar-refractivity contribution in [2.75, 3.05) is 0 Å². The van der Waals surface area contributed by atoms with Crippen molar-refractivity contribution >= 4 is 23.5 Å². The number of nitrogens with zero attached hydrogens (tertiary/aromatic N) is 1. The van der Waals surface area contributed by atoms with Gasteiger partial charge in [0.1, 0.15) is 0 Å². The number of carbonyl (C=O) groups excluding carboxylic acids is 1. The van der Waals surface area contributed by atoms with Gasteiger partial charge in [-0.1, -0.05) is 23.7 Å². The first-order valence-electron chi connectivity index (χ1n) is 4.06. The highest BCUT2D eigenvalue weighted by Crippen LogP contribution is 2.22. The highest BCUT2D eigenvalue weighted by atomic mass is 35.5. The molecule has 0 aliphatic carbocycles. The van der Waals surface area contributed by atoms with Gasteiger partial charge in [-0.2, -0.15) is 0 Å². The van der Waals surface area contributed by atoms with Crippen molar-refractivity contribution < 1.29 is 4.79 Å². The second-order valence-corrected chi connectivity index (χ2v) is 3.39. The molecule has 0 saturated heterocycles. The Bertz CT molecular complexity index is 399. The van der Waals surface area contributed by atoms with Gasteiger partial charge < -0.3 is 5.73 Å². The van der Waals surface area contributed by atoms with Crippen molar-refractivity contribution in [3.05, 3.63) is 34.9 Å². The molecule has 0 radical (unpaired) electrons. The summed E-state index contributed by atoms with van der Waals surface area (Å²) in [5.74, 6) is -0.0419. The fraction of sp³-hybridized carbons (Fsp3) is 0.111. The van der Waals surface area contributed by atoms with Gasteiger partial charge in [-0.3, -0.25) is 10.1 Å². The van der Waals surface area contributed by atoms with Crippen molar-refractivity contribution in [2.45, 2.75) is 6.04 Å². The number of hydrogen-bond acceptors (Lipinski definition) is 3. The van der Waals surface area contributed by atoms with E-state index in [2.05, 4.69) is 10.3 Å². The summed E-state index contributed by atoms with van der Waals surface area (Å²) < 4.78 is 0. The number of nitrogens with one attached hydrogen (secondary N) is 1. The lowest BCUT2D eigenvalue weighted by Gasteiger charge is -2.03. The second kappa shape index (κ2) is 3.31. The van der Waals surface area contributed by atoms with Crippen LogP contribution in [0.2, 0.25) is 5.02 Å². The van der Waals surface area contributed by atoms with E-state index in [1.165, 1.54) is 0 Å². The van der Waals surface area contributed by atoms with Crippen LogP contribution in [0.25, 0.3) is 0 Å². The van der Waals surface area contributed by atoms with Gasteiger partial charge in [0.05, 0.1) is 0 Å². The van der Waals surface area contributed by atoms with Crippen LogP contribution >= 0.6 is 11.6 Å². The van der Waals surface area contributed by atoms with Gasteiger partial charge in [-0.05, 0) is 17.7 Å². The average molecular weight is 210 g/mol. The normalized spacial score (nSPS) is 20.5. The molecule has 4 nitrogen and oxygen atoms in total. The SMILES string of the molecule is NC1=NC(c2ccc(Cl)cc2)C(=O)N1. The van der Waals surface area contributed by atoms with Gasteiger partial charge in [-0.15, -0.1) is 0 Å². The Morgan fingerprint density at radius 3 is 2.50 bits per heavy atom. The van der Waals surface area contributed by atoms with Crippen molar-refractivity contribution in [3.63, 3.8) is 0 Å². The van der Waals surface area contributed by atoms with Crippen molar-refractivity contribution in [2.24, 2.45) is 10.7 Å². The summed E-state index contributed by atoms with van der Waals surface area (Å²) in [5, 5.41) is 3.06. The first-order valence-corrected chi connectivity index (χ1v) is 4.44. The fourth-order valence-corrected chi connectivity index (χ4v) is 1.42. The number of guanidine groups is 1. The van der Waals surface area contributed by atoms with Crippen LogP contribution in [0.4, 0.5) is 0 Å². The maximum Gasteiger partial charge on any atom is 0.256 e. The molecule has 0 saturated carbocycles. The molecular formula is C9H8ClN3O. The van der Waals surface area contributed by atoms with Crippen LogP contribution < -0.4 is 11.1 Å². The van der Waals surface area contributed by atoms with Crippen LogP contribution in [0.5, 0.6) is 0 Å². The summed E-state index contributed by atoms with van der Waals surface area (Å²) in [6, 6.07) is 6.42. The molecule has 0 bridgehead atoms. The number of carbonyl (C=O) groups is 1. The molecule has 1 aromatic carbocycles. The average Bonchev–Trinajstić information content (AvgIpc) is 2.47. The second-order valence-electron chi connectivity index (χ2n) is 2.96. The summed E-state index contributed by atoms with van der Waals surface area (Å²) in [4.78, 5) is 15.3. The molecule has 0 fully saturated rings. The summed E-state index contributed by atoms with van der Waals surface area (Å²) in [7, 11) is 0. The van der Waals surface area contributed by atoms with Crippen LogP contribution in [0, 0.1) is 0 Å². The molecule has 1 aliphatic heterocycles. The van der Waals surface area contributed by atoms with Crippen molar-refractivity contribution in [3.8, 4) is 0 Å². The molecule has 72 valence electrons. The number of amides is 1. The van der Waals surface area contributed by atoms with Crippen LogP contribution in [0.15, 0.2) is 29.3 Å². The monoisotopic (exact) mass is 209 g/mol. The quantitative estimate of drug-likeness (QED) is 0.719. The Kier molecular flexibility index (Phi) is 2.13. The molecule has 0 aromatic heterocycles. The van der Waals surface area contributed by atoms with Gasteiger partial charge in [0.25, 0.3) is 5.91 Å². The largest absolute Gasteiger partial charge is 0.370 e. The maximum atomic E-state index is 11.3. The maximum absolute atomic E-state index is 11.3. The van der Waals surface area contributed by atoms with E-state index >= 15 is 0 Å². The Morgan fingerprint density at radius 1 is 1.36 bits per heavy atom. The molecule has 1 aliphatic rings. The number of aliphatic imine (C=N–C) groups is 1. The zero-order chi connectivity index (χ0) is 10.1. The third-order valence-corrected chi connectivity index (χ3v) is 2.21. The summed E-state index contributed by atoms with van der Waals surface area (Å²) in [6.07, 6.45) is 0. The van der Waals surface area contributed by atoms with Crippen LogP contribution in [-0.4, -0.2) is 11.9 Å². The topological polar surface area (TPSA) is 67.5 Å². The number of benzene rings is 1. The predicted octanol–water partition coefficient (Wildman–Crippen LogP) is 0.826. The number of rotatable bonds is 1. The van der Waals surface area contributed by atoms with Gasteiger partial charge in [-0.25, -0.2) is 4.99 Å². The van der Waals surface area contributed by atoms with Crippen LogP contribution in [-0.2, 0) is 4.79 Å². The van der Waals surface area contributed by atoms with Gasteiger partial charge in [0, 0.05) is 5.02 Å². The van der Waals surface area contributed by atoms with Crippen LogP contribution in [0.1, 0.15) is 11.6 Å². The lowest BCUT2D eigenvalue weighted by Crippen LogP contribution is -2.31. The van der Waals surface area contributed by atoms with E-state index < -0.39 is 6.04 Å². The summed E-state index contributed by atoms with van der Waals surface area (Å²) in [5.41, 5.74) is 6.16. The molecule has 14 heavy (non-hydrogen) atoms. The molecular weight excluding hydrogens is 202 g/mol. The molecule has 3 N–H and O–H groups in total. The summed E-state index contributed by atoms with van der Waals surface area (Å²) in [6.45, 7) is 0. The summed E-state index contributed by atoms with van der Waals surface area (Å²) >= 11 is 5.72. The molecule has 1 atom stereocenters. The zero-order valence-corrected chi connectivity index (χ0v) is 7.95. The Hall–Kier alpha value is -1.55. The zero-order valence-electron chi connectivity index (χ0n) is 7.20. The minimum atomic E-state index is -0.535. The van der Waals surface area contributed by atoms with Crippen LogP contribution in [0.3, 0.4) is 0 Å². The fourth-order valence-electron chi connectivity index (χ4n) is 1.30. The van der Waals surface area contributed by atoms with Gasteiger partial charge >= 0.3 is 0 Å². The van der Waals surface area contributed by atoms with Gasteiger partial charge in [0.15, 0.2) is 12.0 Å². The minimum Gasteiger partial charge on any atom is -0.370 e. The lowest BCUT2D eigenvalue weighted by molar-refractivity contribution is -0.120. The molecule has 1 unspecified atom stereocenters. The Labute approximate surface area is 85.8 Å². The highest BCUT2D eigenvalue weighted by molar-refractivity contribution is 6.30. The third-order valence-electron chi connectivity index (χ3n) is 1.95. The van der Waals surface area contributed by atoms with E-state index in [-0.39, 0.29) is 11.9 Å². The Balaban J connectivity index is 2.32. The number of nitrogens with two attached hydrogens (primary N) is 1. The predicted molar refractivity (Wildman–Crippen MR) is 54.0 cm³/mol. The molecule has 1 amide bonds. The third kappa shape index (κ3) is 1.56. The Morgan fingerprint density at radius 2 is 2.00 bits per heavy atom. The van der Waals surface area contributed by atoms with E-state index in [0.29, 0.717) is 5.02 Å². The lowest BCUT2D eigenvalue weighted by atomic mass is 10.1. The van der Waals surface area contributed by atoms with E-state index in [4.69, 9.17) is 17.3 Å². The van der Waals surface area contributed by atoms with E-state index in [1.54, 1.807) is 24.3 Å². The minimum absolute atomic E-state index is 0.162. The molecule has 2 rings (SSSR count). The van der Waals surface area contributed by atoms with E-state index in [0.717, 1.165) is 5.56 Å². The highest BCUT2D eigenvalue weighted by Gasteiger charge is 2.26. The molecule has 1 heterocycles. The number of hydrogen-bond donors (Lipinski definition) is 2. The van der Waals surface area contributed by atoms with Crippen molar-refractivity contribution in [1.29, 1.82) is 0 Å².